The third kappa shape index (κ3) is 3.39. The van der Waals surface area contributed by atoms with Crippen molar-refractivity contribution in [1.29, 1.82) is 0 Å². The Morgan fingerprint density at radius 2 is 1.93 bits per heavy atom. The highest BCUT2D eigenvalue weighted by atomic mass is 19.1. The van der Waals surface area contributed by atoms with Crippen molar-refractivity contribution in [2.45, 2.75) is 6.04 Å². The van der Waals surface area contributed by atoms with Crippen molar-refractivity contribution >= 4 is 11.7 Å². The number of halogens is 1. The van der Waals surface area contributed by atoms with Crippen LogP contribution in [0.15, 0.2) is 42.9 Å². The number of methoxy groups -OCH3 is 1. The maximum absolute atomic E-state index is 15.1. The highest BCUT2D eigenvalue weighted by Crippen LogP contribution is 2.30. The summed E-state index contributed by atoms with van der Waals surface area (Å²) in [6.45, 7) is 0.992. The second-order valence-corrected chi connectivity index (χ2v) is 6.90. The average Bonchev–Trinajstić information content (AvgIpc) is 3.13. The smallest absolute Gasteiger partial charge is 0.272 e. The van der Waals surface area contributed by atoms with Gasteiger partial charge in [-0.05, 0) is 30.3 Å². The third-order valence-corrected chi connectivity index (χ3v) is 5.20. The molecule has 8 nitrogen and oxygen atoms in total. The van der Waals surface area contributed by atoms with E-state index in [2.05, 4.69) is 15.1 Å². The Morgan fingerprint density at radius 3 is 2.55 bits per heavy atom. The van der Waals surface area contributed by atoms with E-state index >= 15 is 4.39 Å². The lowest BCUT2D eigenvalue weighted by Gasteiger charge is -2.44. The van der Waals surface area contributed by atoms with E-state index in [1.807, 2.05) is 4.90 Å². The van der Waals surface area contributed by atoms with Gasteiger partial charge < -0.3 is 14.5 Å². The summed E-state index contributed by atoms with van der Waals surface area (Å²) in [4.78, 5) is 24.3. The van der Waals surface area contributed by atoms with Gasteiger partial charge in [0.2, 0.25) is 0 Å². The van der Waals surface area contributed by atoms with Crippen LogP contribution >= 0.6 is 0 Å². The zero-order valence-corrected chi connectivity index (χ0v) is 16.4. The van der Waals surface area contributed by atoms with Crippen LogP contribution in [0, 0.1) is 5.82 Å². The molecular weight excluding hydrogens is 375 g/mol. The summed E-state index contributed by atoms with van der Waals surface area (Å²) in [5.74, 6) is 0.340. The van der Waals surface area contributed by atoms with Crippen LogP contribution in [-0.4, -0.2) is 63.8 Å². The molecule has 0 unspecified atom stereocenters. The summed E-state index contributed by atoms with van der Waals surface area (Å²) < 4.78 is 21.8. The number of likely N-dealkylation sites (N-methyl/N-ethyl adjacent to an activating group) is 1. The molecule has 150 valence electrons. The van der Waals surface area contributed by atoms with Crippen LogP contribution in [0.1, 0.15) is 10.5 Å². The number of nitrogens with zero attached hydrogens (tertiary/aromatic N) is 6. The molecule has 1 fully saturated rings. The normalized spacial score (nSPS) is 13.9. The average molecular weight is 396 g/mol. The van der Waals surface area contributed by atoms with E-state index in [1.54, 1.807) is 67.3 Å². The number of aryl methyl sites for hydroxylation is 1. The number of amides is 1. The first-order chi connectivity index (χ1) is 14.0. The van der Waals surface area contributed by atoms with Gasteiger partial charge in [0.15, 0.2) is 11.6 Å². The molecule has 1 saturated heterocycles. The van der Waals surface area contributed by atoms with Gasteiger partial charge in [0.05, 0.1) is 13.2 Å². The Balaban J connectivity index is 1.48. The van der Waals surface area contributed by atoms with Crippen LogP contribution in [0.3, 0.4) is 0 Å². The standard InChI is InChI=1S/C20H21FN6O2/c1-25(20(28)16-8-9-24-26(16)2)14-10-27(11-14)19-17(21)18(22-12-23-19)13-4-6-15(29-3)7-5-13/h4-9,12,14H,10-11H2,1-3H3. The molecule has 0 saturated carbocycles. The van der Waals surface area contributed by atoms with Crippen LogP contribution < -0.4 is 9.64 Å². The molecule has 3 aromatic rings. The second kappa shape index (κ2) is 7.50. The summed E-state index contributed by atoms with van der Waals surface area (Å²) in [5.41, 5.74) is 1.40. The van der Waals surface area contributed by atoms with Crippen molar-refractivity contribution in [3.8, 4) is 17.0 Å². The van der Waals surface area contributed by atoms with Crippen LogP contribution in [0.4, 0.5) is 10.2 Å². The third-order valence-electron chi connectivity index (χ3n) is 5.20. The number of carbonyl (C=O) groups is 1. The fraction of sp³-hybridized carbons (Fsp3) is 0.300. The SMILES string of the molecule is COc1ccc(-c2ncnc(N3CC(N(C)C(=O)c4ccnn4C)C3)c2F)cc1. The number of anilines is 1. The van der Waals surface area contributed by atoms with Crippen molar-refractivity contribution in [3.63, 3.8) is 0 Å². The van der Waals surface area contributed by atoms with Crippen LogP contribution in [0.5, 0.6) is 5.75 Å². The van der Waals surface area contributed by atoms with E-state index in [9.17, 15) is 4.79 Å². The Hall–Kier alpha value is -3.49. The number of aromatic nitrogens is 4. The Morgan fingerprint density at radius 1 is 1.21 bits per heavy atom. The number of hydrogen-bond acceptors (Lipinski definition) is 6. The fourth-order valence-electron chi connectivity index (χ4n) is 3.33. The minimum absolute atomic E-state index is 0.0313. The van der Waals surface area contributed by atoms with Crippen LogP contribution in [0.2, 0.25) is 0 Å². The number of benzene rings is 1. The van der Waals surface area contributed by atoms with Gasteiger partial charge in [-0.1, -0.05) is 0 Å². The molecule has 0 bridgehead atoms. The summed E-state index contributed by atoms with van der Waals surface area (Å²) in [6, 6.07) is 8.68. The molecule has 0 atom stereocenters. The van der Waals surface area contributed by atoms with Crippen molar-refractivity contribution in [3.05, 3.63) is 54.4 Å². The summed E-state index contributed by atoms with van der Waals surface area (Å²) in [6.07, 6.45) is 2.95. The first-order valence-electron chi connectivity index (χ1n) is 9.14. The molecule has 0 aliphatic carbocycles. The predicted octanol–water partition coefficient (Wildman–Crippen LogP) is 1.99. The largest absolute Gasteiger partial charge is 0.497 e. The zero-order chi connectivity index (χ0) is 20.5. The molecule has 0 N–H and O–H groups in total. The molecule has 0 radical (unpaired) electrons. The van der Waals surface area contributed by atoms with Gasteiger partial charge >= 0.3 is 0 Å². The van der Waals surface area contributed by atoms with Gasteiger partial charge in [-0.15, -0.1) is 0 Å². The molecular formula is C20H21FN6O2. The zero-order valence-electron chi connectivity index (χ0n) is 16.4. The maximum Gasteiger partial charge on any atom is 0.272 e. The highest BCUT2D eigenvalue weighted by molar-refractivity contribution is 5.92. The predicted molar refractivity (Wildman–Crippen MR) is 105 cm³/mol. The Labute approximate surface area is 167 Å². The lowest BCUT2D eigenvalue weighted by molar-refractivity contribution is 0.0693. The van der Waals surface area contributed by atoms with Gasteiger partial charge in [-0.25, -0.2) is 14.4 Å². The molecule has 1 aromatic carbocycles. The summed E-state index contributed by atoms with van der Waals surface area (Å²) >= 11 is 0. The van der Waals surface area contributed by atoms with E-state index < -0.39 is 5.82 Å². The van der Waals surface area contributed by atoms with E-state index in [4.69, 9.17) is 4.74 Å². The van der Waals surface area contributed by atoms with Crippen molar-refractivity contribution in [2.75, 3.05) is 32.1 Å². The van der Waals surface area contributed by atoms with Crippen LogP contribution in [-0.2, 0) is 7.05 Å². The molecule has 29 heavy (non-hydrogen) atoms. The lowest BCUT2D eigenvalue weighted by atomic mass is 10.1. The molecule has 1 aliphatic heterocycles. The van der Waals surface area contributed by atoms with E-state index in [-0.39, 0.29) is 23.5 Å². The molecule has 4 rings (SSSR count). The minimum Gasteiger partial charge on any atom is -0.497 e. The van der Waals surface area contributed by atoms with Gasteiger partial charge in [0.25, 0.3) is 5.91 Å². The summed E-state index contributed by atoms with van der Waals surface area (Å²) in [5, 5.41) is 4.03. The number of rotatable bonds is 5. The van der Waals surface area contributed by atoms with E-state index in [0.717, 1.165) is 0 Å². The van der Waals surface area contributed by atoms with Gasteiger partial charge in [-0.2, -0.15) is 5.10 Å². The number of hydrogen-bond donors (Lipinski definition) is 0. The molecule has 1 amide bonds. The van der Waals surface area contributed by atoms with Crippen molar-refractivity contribution < 1.29 is 13.9 Å². The Bertz CT molecular complexity index is 1030. The Kier molecular flexibility index (Phi) is 4.87. The topological polar surface area (TPSA) is 76.4 Å². The van der Waals surface area contributed by atoms with Crippen molar-refractivity contribution in [2.24, 2.45) is 7.05 Å². The molecule has 3 heterocycles. The fourth-order valence-corrected chi connectivity index (χ4v) is 3.33. The van der Waals surface area contributed by atoms with Crippen molar-refractivity contribution in [1.82, 2.24) is 24.6 Å². The van der Waals surface area contributed by atoms with E-state index in [1.165, 1.54) is 6.33 Å². The first kappa shape index (κ1) is 18.9. The molecule has 0 spiro atoms. The summed E-state index contributed by atoms with van der Waals surface area (Å²) in [7, 11) is 5.05. The number of ether oxygens (including phenoxy) is 1. The highest BCUT2D eigenvalue weighted by Gasteiger charge is 2.36. The quantitative estimate of drug-likeness (QED) is 0.657. The first-order valence-corrected chi connectivity index (χ1v) is 9.14. The van der Waals surface area contributed by atoms with Gasteiger partial charge in [-0.3, -0.25) is 9.48 Å². The second-order valence-electron chi connectivity index (χ2n) is 6.90. The minimum atomic E-state index is -0.475. The number of carbonyl (C=O) groups excluding carboxylic acids is 1. The lowest BCUT2D eigenvalue weighted by Crippen LogP contribution is -2.60. The maximum atomic E-state index is 15.1. The molecule has 9 heteroatoms. The van der Waals surface area contributed by atoms with E-state index in [0.29, 0.717) is 30.1 Å². The van der Waals surface area contributed by atoms with Crippen LogP contribution in [0.25, 0.3) is 11.3 Å². The molecule has 1 aliphatic rings. The van der Waals surface area contributed by atoms with Gasteiger partial charge in [0.1, 0.15) is 23.5 Å². The molecule has 2 aromatic heterocycles. The van der Waals surface area contributed by atoms with Gasteiger partial charge in [0, 0.05) is 38.9 Å². The monoisotopic (exact) mass is 396 g/mol.